The SMILES string of the molecule is C=CCOc1ccc2c(c1)C1C(CCCCO)C(CCCCO)C=C3C(=NOC4CCCCO4)CC(N(CCC)C(=O)OCCCl)C(OCC=C)(O2)C31. The zero-order chi connectivity index (χ0) is 37.6. The predicted octanol–water partition coefficient (Wildman–Crippen LogP) is 7.50. The van der Waals surface area contributed by atoms with E-state index in [-0.39, 0.29) is 56.5 Å². The Bertz CT molecular complexity index is 1420. The third kappa shape index (κ3) is 9.60. The molecule has 1 amide bonds. The smallest absolute Gasteiger partial charge is 0.410 e. The Balaban J connectivity index is 1.76. The highest BCUT2D eigenvalue weighted by Gasteiger charge is 2.65. The van der Waals surface area contributed by atoms with Crippen molar-refractivity contribution >= 4 is 23.4 Å². The molecule has 2 N–H and O–H groups in total. The summed E-state index contributed by atoms with van der Waals surface area (Å²) in [5.74, 6) is -0.199. The fraction of sp³-hybridized carbons (Fsp3) is 0.659. The molecule has 0 spiro atoms. The van der Waals surface area contributed by atoms with E-state index in [2.05, 4.69) is 25.3 Å². The number of ether oxygens (including phenoxy) is 5. The van der Waals surface area contributed by atoms with E-state index < -0.39 is 30.1 Å². The second-order valence-corrected chi connectivity index (χ2v) is 14.6. The lowest BCUT2D eigenvalue weighted by Gasteiger charge is -2.60. The van der Waals surface area contributed by atoms with Crippen molar-refractivity contribution in [3.8, 4) is 11.5 Å². The second kappa shape index (κ2) is 20.6. The van der Waals surface area contributed by atoms with Gasteiger partial charge in [-0.1, -0.05) is 49.7 Å². The van der Waals surface area contributed by atoms with Gasteiger partial charge in [0.25, 0.3) is 0 Å². The molecular formula is C41H59ClN2O9. The quantitative estimate of drug-likeness (QED) is 0.0567. The van der Waals surface area contributed by atoms with E-state index in [1.165, 1.54) is 0 Å². The highest BCUT2D eigenvalue weighted by atomic mass is 35.5. The molecule has 0 aromatic heterocycles. The van der Waals surface area contributed by atoms with Gasteiger partial charge in [0, 0.05) is 44.1 Å². The van der Waals surface area contributed by atoms with Crippen molar-refractivity contribution in [1.29, 1.82) is 0 Å². The number of carbonyl (C=O) groups excluding carboxylic acids is 1. The highest BCUT2D eigenvalue weighted by Crippen LogP contribution is 2.62. The number of fused-ring (bicyclic) bond motifs is 2. The summed E-state index contributed by atoms with van der Waals surface area (Å²) in [4.78, 5) is 21.9. The van der Waals surface area contributed by atoms with Gasteiger partial charge in [0.05, 0.1) is 30.7 Å². The molecule has 2 fully saturated rings. The molecule has 1 saturated heterocycles. The molecule has 1 aromatic carbocycles. The van der Waals surface area contributed by atoms with E-state index in [0.717, 1.165) is 61.8 Å². The zero-order valence-corrected chi connectivity index (χ0v) is 32.1. The zero-order valence-electron chi connectivity index (χ0n) is 31.3. The first kappa shape index (κ1) is 41.1. The van der Waals surface area contributed by atoms with Crippen molar-refractivity contribution in [3.63, 3.8) is 0 Å². The predicted molar refractivity (Wildman–Crippen MR) is 204 cm³/mol. The molecule has 2 aliphatic carbocycles. The van der Waals surface area contributed by atoms with Crippen LogP contribution in [0.25, 0.3) is 0 Å². The van der Waals surface area contributed by atoms with Crippen LogP contribution in [0.4, 0.5) is 4.79 Å². The topological polar surface area (TPSA) is 129 Å². The Labute approximate surface area is 319 Å². The number of oxime groups is 1. The number of halogens is 1. The minimum absolute atomic E-state index is 0.0632. The summed E-state index contributed by atoms with van der Waals surface area (Å²) in [6.45, 7) is 11.7. The largest absolute Gasteiger partial charge is 0.490 e. The van der Waals surface area contributed by atoms with Crippen LogP contribution in [0, 0.1) is 17.8 Å². The molecule has 11 nitrogen and oxygen atoms in total. The lowest BCUT2D eigenvalue weighted by Crippen LogP contribution is -2.70. The van der Waals surface area contributed by atoms with Crippen LogP contribution in [0.1, 0.15) is 89.0 Å². The summed E-state index contributed by atoms with van der Waals surface area (Å²) >= 11 is 5.99. The molecule has 2 heterocycles. The van der Waals surface area contributed by atoms with Gasteiger partial charge >= 0.3 is 6.09 Å². The number of aliphatic hydroxyl groups excluding tert-OH is 2. The number of rotatable bonds is 21. The third-order valence-electron chi connectivity index (χ3n) is 10.8. The Morgan fingerprint density at radius 3 is 2.60 bits per heavy atom. The van der Waals surface area contributed by atoms with Crippen molar-refractivity contribution in [1.82, 2.24) is 4.90 Å². The van der Waals surface area contributed by atoms with E-state index in [1.807, 2.05) is 19.1 Å². The summed E-state index contributed by atoms with van der Waals surface area (Å²) in [6.07, 6.45) is 13.2. The number of allylic oxidation sites excluding steroid dienone is 1. The van der Waals surface area contributed by atoms with E-state index in [9.17, 15) is 15.0 Å². The van der Waals surface area contributed by atoms with Crippen LogP contribution in [-0.2, 0) is 19.0 Å². The van der Waals surface area contributed by atoms with Gasteiger partial charge in [0.15, 0.2) is 0 Å². The number of benzene rings is 1. The third-order valence-corrected chi connectivity index (χ3v) is 11.0. The van der Waals surface area contributed by atoms with Crippen molar-refractivity contribution in [2.75, 3.05) is 52.1 Å². The van der Waals surface area contributed by atoms with Crippen molar-refractivity contribution in [2.24, 2.45) is 22.9 Å². The Kier molecular flexibility index (Phi) is 15.9. The normalized spacial score (nSPS) is 28.2. The monoisotopic (exact) mass is 758 g/mol. The Morgan fingerprint density at radius 2 is 1.91 bits per heavy atom. The molecule has 12 heteroatoms. The Hall–Kier alpha value is -3.09. The molecule has 7 atom stereocenters. The molecule has 1 saturated carbocycles. The van der Waals surface area contributed by atoms with E-state index in [4.69, 9.17) is 45.3 Å². The number of nitrogens with zero attached hydrogens (tertiary/aromatic N) is 2. The average Bonchev–Trinajstić information content (AvgIpc) is 3.18. The molecule has 7 unspecified atom stereocenters. The molecule has 4 aliphatic rings. The number of amides is 1. The lowest BCUT2D eigenvalue weighted by atomic mass is 9.55. The van der Waals surface area contributed by atoms with Crippen LogP contribution in [0.5, 0.6) is 11.5 Å². The first-order valence-electron chi connectivity index (χ1n) is 19.5. The number of aliphatic hydroxyl groups is 2. The summed E-state index contributed by atoms with van der Waals surface area (Å²) in [5, 5.41) is 24.5. The molecule has 53 heavy (non-hydrogen) atoms. The fourth-order valence-corrected chi connectivity index (χ4v) is 8.71. The first-order valence-corrected chi connectivity index (χ1v) is 20.1. The minimum Gasteiger partial charge on any atom is -0.490 e. The summed E-state index contributed by atoms with van der Waals surface area (Å²) in [5.41, 5.74) is 2.67. The van der Waals surface area contributed by atoms with E-state index in [1.54, 1.807) is 17.1 Å². The standard InChI is InChI=1S/C41H59ClN2O9/c1-4-19-44(40(47)50-25-18-42)36-28-34(43-53-37-15-9-12-24-49-37)32-26-29(13-7-10-20-45)31(14-8-11-21-46)38-33-27-30(48-22-5-2)16-17-35(33)52-41(36,39(32)38)51-23-6-3/h5-6,16-17,26-27,29,31,36-39,45-46H,2-4,7-15,18-25,28H2,1H3. The number of carbonyl (C=O) groups is 1. The molecule has 0 bridgehead atoms. The number of unbranched alkanes of at least 4 members (excludes halogenated alkanes) is 2. The summed E-state index contributed by atoms with van der Waals surface area (Å²) < 4.78 is 31.9. The van der Waals surface area contributed by atoms with Crippen LogP contribution in [0.3, 0.4) is 0 Å². The van der Waals surface area contributed by atoms with Gasteiger partial charge in [0.1, 0.15) is 30.8 Å². The lowest BCUT2D eigenvalue weighted by molar-refractivity contribution is -0.255. The molecule has 1 aromatic rings. The minimum atomic E-state index is -1.36. The molecular weight excluding hydrogens is 700 g/mol. The van der Waals surface area contributed by atoms with Crippen LogP contribution in [0.2, 0.25) is 0 Å². The van der Waals surface area contributed by atoms with Crippen molar-refractivity contribution in [2.45, 2.75) is 102 Å². The number of hydrogen-bond acceptors (Lipinski definition) is 10. The Morgan fingerprint density at radius 1 is 1.11 bits per heavy atom. The first-order chi connectivity index (χ1) is 26.0. The van der Waals surface area contributed by atoms with Gasteiger partial charge in [-0.2, -0.15) is 0 Å². The van der Waals surface area contributed by atoms with Gasteiger partial charge in [-0.25, -0.2) is 4.79 Å². The summed E-state index contributed by atoms with van der Waals surface area (Å²) in [7, 11) is 0. The van der Waals surface area contributed by atoms with Gasteiger partial charge in [-0.3, -0.25) is 4.90 Å². The highest BCUT2D eigenvalue weighted by molar-refractivity contribution is 6.18. The van der Waals surface area contributed by atoms with Gasteiger partial charge in [0.2, 0.25) is 12.1 Å². The maximum Gasteiger partial charge on any atom is 0.410 e. The number of alkyl halides is 1. The van der Waals surface area contributed by atoms with Crippen LogP contribution in [0.15, 0.2) is 60.3 Å². The molecule has 2 aliphatic heterocycles. The maximum atomic E-state index is 14.0. The van der Waals surface area contributed by atoms with Crippen LogP contribution >= 0.6 is 11.6 Å². The maximum absolute atomic E-state index is 14.0. The molecule has 5 rings (SSSR count). The van der Waals surface area contributed by atoms with E-state index in [0.29, 0.717) is 50.5 Å². The van der Waals surface area contributed by atoms with Crippen molar-refractivity contribution in [3.05, 3.63) is 60.7 Å². The van der Waals surface area contributed by atoms with Gasteiger partial charge < -0.3 is 38.7 Å². The fourth-order valence-electron chi connectivity index (χ4n) is 8.63. The number of hydrogen-bond donors (Lipinski definition) is 2. The van der Waals surface area contributed by atoms with Gasteiger partial charge in [-0.15, -0.1) is 18.2 Å². The molecule has 294 valence electrons. The van der Waals surface area contributed by atoms with E-state index >= 15 is 0 Å². The summed E-state index contributed by atoms with van der Waals surface area (Å²) in [6, 6.07) is 5.23. The average molecular weight is 759 g/mol. The van der Waals surface area contributed by atoms with Crippen LogP contribution in [-0.4, -0.2) is 97.1 Å². The second-order valence-electron chi connectivity index (χ2n) is 14.3. The van der Waals surface area contributed by atoms with Gasteiger partial charge in [-0.05, 0) is 80.6 Å². The molecule has 0 radical (unpaired) electrons. The van der Waals surface area contributed by atoms with Crippen LogP contribution < -0.4 is 9.47 Å². The van der Waals surface area contributed by atoms with Crippen molar-refractivity contribution < 1.29 is 43.5 Å².